The van der Waals surface area contributed by atoms with Crippen molar-refractivity contribution in [2.24, 2.45) is 5.92 Å². The lowest BCUT2D eigenvalue weighted by Gasteiger charge is -2.29. The van der Waals surface area contributed by atoms with Crippen LogP contribution in [0.4, 0.5) is 17.5 Å². The standard InChI is InChI=1S/C16H20N2O3S.C11H10BrNO3S.C9H14O3.C5H11N/c19-13-10-14(18-6-8-20-9-7-18)21-15-12(11-22-16(13)15)17-4-2-1-3-5-17;12-7-6-17-11-8(14)5-9(16-10(7)11)13-1-3-15-4-2-13;1-2-12-9(11)7-5-3-4-6-8(7)10;1-2-4-6-5-3-1/h10-11H,1-9H2;5-6H,1-4H2;7H,2-6H2,1H3;6H,1-5H2. The minimum atomic E-state index is -0.460. The first kappa shape index (κ1) is 43.3. The summed E-state index contributed by atoms with van der Waals surface area (Å²) in [5.41, 5.74) is 2.58. The molecule has 0 bridgehead atoms. The van der Waals surface area contributed by atoms with Crippen LogP contribution in [-0.2, 0) is 23.8 Å². The third kappa shape index (κ3) is 11.9. The number of thiophene rings is 2. The number of carbonyl (C=O) groups excluding carboxylic acids is 2. The molecule has 5 fully saturated rings. The normalized spacial score (nSPS) is 20.1. The molecule has 1 aliphatic carbocycles. The highest BCUT2D eigenvalue weighted by Gasteiger charge is 2.30. The van der Waals surface area contributed by atoms with Gasteiger partial charge in [0.05, 0.1) is 43.2 Å². The molecule has 9 rings (SSSR count). The van der Waals surface area contributed by atoms with Gasteiger partial charge in [0.15, 0.2) is 22.9 Å². The molecule has 1 N–H and O–H groups in total. The molecule has 0 aromatic carbocycles. The molecule has 13 nitrogen and oxygen atoms in total. The smallest absolute Gasteiger partial charge is 0.316 e. The van der Waals surface area contributed by atoms with Crippen molar-refractivity contribution >= 4 is 88.4 Å². The second-order valence-corrected chi connectivity index (χ2v) is 17.1. The van der Waals surface area contributed by atoms with Gasteiger partial charge in [-0.3, -0.25) is 19.2 Å². The van der Waals surface area contributed by atoms with Crippen LogP contribution in [0.2, 0.25) is 0 Å². The van der Waals surface area contributed by atoms with Crippen molar-refractivity contribution in [1.82, 2.24) is 5.32 Å². The van der Waals surface area contributed by atoms with Crippen LogP contribution in [0.3, 0.4) is 0 Å². The Kier molecular flexibility index (Phi) is 16.9. The summed E-state index contributed by atoms with van der Waals surface area (Å²) in [5.74, 6) is 0.572. The van der Waals surface area contributed by atoms with E-state index in [-0.39, 0.29) is 22.6 Å². The van der Waals surface area contributed by atoms with Crippen molar-refractivity contribution in [3.8, 4) is 0 Å². The number of hydrogen-bond acceptors (Lipinski definition) is 15. The van der Waals surface area contributed by atoms with Gasteiger partial charge in [0.1, 0.15) is 21.1 Å². The molecule has 4 aromatic heterocycles. The van der Waals surface area contributed by atoms with E-state index in [0.29, 0.717) is 67.9 Å². The van der Waals surface area contributed by atoms with Gasteiger partial charge < -0.3 is 43.1 Å². The molecule has 0 amide bonds. The van der Waals surface area contributed by atoms with Crippen molar-refractivity contribution in [2.45, 2.75) is 71.1 Å². The molecular weight excluding hydrogens is 837 g/mol. The average Bonchev–Trinajstić information content (AvgIpc) is 3.87. The van der Waals surface area contributed by atoms with E-state index in [0.717, 1.165) is 72.6 Å². The minimum Gasteiger partial charge on any atom is -0.465 e. The predicted molar refractivity (Wildman–Crippen MR) is 231 cm³/mol. The molecular formula is C41H55BrN4O9S2. The molecule has 312 valence electrons. The molecule has 0 spiro atoms. The number of esters is 1. The fourth-order valence-electron chi connectivity index (χ4n) is 7.33. The number of ketones is 1. The van der Waals surface area contributed by atoms with E-state index in [1.807, 2.05) is 10.3 Å². The Morgan fingerprint density at radius 3 is 1.84 bits per heavy atom. The molecule has 4 aromatic rings. The monoisotopic (exact) mass is 890 g/mol. The van der Waals surface area contributed by atoms with E-state index in [1.54, 1.807) is 19.1 Å². The van der Waals surface area contributed by atoms with Crippen LogP contribution < -0.4 is 30.9 Å². The van der Waals surface area contributed by atoms with Crippen molar-refractivity contribution in [3.05, 3.63) is 47.8 Å². The van der Waals surface area contributed by atoms with E-state index in [1.165, 1.54) is 74.3 Å². The van der Waals surface area contributed by atoms with Gasteiger partial charge in [0.2, 0.25) is 10.9 Å². The maximum Gasteiger partial charge on any atom is 0.316 e. The predicted octanol–water partition coefficient (Wildman–Crippen LogP) is 7.20. The van der Waals surface area contributed by atoms with Gasteiger partial charge in [-0.2, -0.15) is 0 Å². The average molecular weight is 892 g/mol. The molecule has 5 aliphatic rings. The van der Waals surface area contributed by atoms with Crippen molar-refractivity contribution in [3.63, 3.8) is 0 Å². The fraction of sp³-hybridized carbons (Fsp3) is 0.610. The number of nitrogens with zero attached hydrogens (tertiary/aromatic N) is 3. The first-order chi connectivity index (χ1) is 27.8. The molecule has 4 aliphatic heterocycles. The number of morpholine rings is 2. The second kappa shape index (κ2) is 22.2. The van der Waals surface area contributed by atoms with Crippen molar-refractivity contribution in [1.29, 1.82) is 0 Å². The maximum atomic E-state index is 12.4. The van der Waals surface area contributed by atoms with E-state index in [2.05, 4.69) is 36.4 Å². The number of hydrogen-bond donors (Lipinski definition) is 1. The Bertz CT molecular complexity index is 2000. The Balaban J connectivity index is 0.000000139. The van der Waals surface area contributed by atoms with Crippen LogP contribution in [0.15, 0.2) is 45.8 Å². The van der Waals surface area contributed by atoms with Gasteiger partial charge in [-0.05, 0) is 80.9 Å². The van der Waals surface area contributed by atoms with Gasteiger partial charge in [-0.25, -0.2) is 0 Å². The topological polar surface area (TPSA) is 144 Å². The highest BCUT2D eigenvalue weighted by molar-refractivity contribution is 9.10. The maximum absolute atomic E-state index is 12.4. The van der Waals surface area contributed by atoms with Crippen LogP contribution in [0.25, 0.3) is 20.6 Å². The number of carbonyl (C=O) groups is 2. The van der Waals surface area contributed by atoms with E-state index in [4.69, 9.17) is 23.0 Å². The lowest BCUT2D eigenvalue weighted by Crippen LogP contribution is -2.36. The summed E-state index contributed by atoms with van der Waals surface area (Å²) in [5, 5.41) is 7.23. The molecule has 1 saturated carbocycles. The lowest BCUT2D eigenvalue weighted by atomic mass is 9.88. The number of anilines is 3. The van der Waals surface area contributed by atoms with Crippen LogP contribution in [0.1, 0.15) is 71.1 Å². The Hall–Kier alpha value is -3.28. The van der Waals surface area contributed by atoms with Crippen LogP contribution in [-0.4, -0.2) is 97.1 Å². The third-order valence-electron chi connectivity index (χ3n) is 10.5. The van der Waals surface area contributed by atoms with Gasteiger partial charge in [0.25, 0.3) is 0 Å². The molecule has 1 unspecified atom stereocenters. The van der Waals surface area contributed by atoms with Gasteiger partial charge in [-0.1, -0.05) is 12.8 Å². The Morgan fingerprint density at radius 1 is 0.737 bits per heavy atom. The number of nitrogens with one attached hydrogen (secondary N) is 1. The lowest BCUT2D eigenvalue weighted by molar-refractivity contribution is -0.152. The first-order valence-electron chi connectivity index (χ1n) is 20.4. The number of halogens is 1. The van der Waals surface area contributed by atoms with Gasteiger partial charge in [0, 0.05) is 68.6 Å². The summed E-state index contributed by atoms with van der Waals surface area (Å²) in [6, 6.07) is 3.20. The minimum absolute atomic E-state index is 0.0171. The number of rotatable bonds is 5. The summed E-state index contributed by atoms with van der Waals surface area (Å²) in [4.78, 5) is 53.2. The number of Topliss-reactive ketones (excluding diaryl/α,β-unsaturated/α-hetero) is 1. The molecule has 1 atom stereocenters. The molecule has 16 heteroatoms. The van der Waals surface area contributed by atoms with Crippen LogP contribution in [0, 0.1) is 5.92 Å². The first-order valence-corrected chi connectivity index (χ1v) is 23.0. The third-order valence-corrected chi connectivity index (χ3v) is 13.3. The highest BCUT2D eigenvalue weighted by atomic mass is 79.9. The molecule has 4 saturated heterocycles. The van der Waals surface area contributed by atoms with E-state index >= 15 is 0 Å². The van der Waals surface area contributed by atoms with Gasteiger partial charge in [-0.15, -0.1) is 22.7 Å². The van der Waals surface area contributed by atoms with Gasteiger partial charge >= 0.3 is 5.97 Å². The number of piperidine rings is 2. The van der Waals surface area contributed by atoms with E-state index in [9.17, 15) is 19.2 Å². The molecule has 57 heavy (non-hydrogen) atoms. The second-order valence-electron chi connectivity index (χ2n) is 14.5. The zero-order valence-corrected chi connectivity index (χ0v) is 36.1. The summed E-state index contributed by atoms with van der Waals surface area (Å²) >= 11 is 6.29. The number of fused-ring (bicyclic) bond motifs is 2. The van der Waals surface area contributed by atoms with E-state index < -0.39 is 5.92 Å². The summed E-state index contributed by atoms with van der Waals surface area (Å²) < 4.78 is 29.6. The zero-order valence-electron chi connectivity index (χ0n) is 32.9. The number of ether oxygens (including phenoxy) is 3. The molecule has 0 radical (unpaired) electrons. The Labute approximate surface area is 349 Å². The van der Waals surface area contributed by atoms with Crippen molar-refractivity contribution < 1.29 is 32.6 Å². The van der Waals surface area contributed by atoms with Crippen LogP contribution >= 0.6 is 38.6 Å². The SMILES string of the molecule is C1CCNCC1.CCOC(=O)C1CCCCC1=O.O=c1cc(N2CCOCC2)oc2c(Br)csc12.O=c1cc(N2CCOCC2)oc2c(N3CCCCC3)csc12. The fourth-order valence-corrected chi connectivity index (χ4v) is 9.70. The summed E-state index contributed by atoms with van der Waals surface area (Å²) in [6.07, 6.45) is 11.1. The summed E-state index contributed by atoms with van der Waals surface area (Å²) in [7, 11) is 0. The quantitative estimate of drug-likeness (QED) is 0.160. The van der Waals surface area contributed by atoms with Crippen LogP contribution in [0.5, 0.6) is 0 Å². The largest absolute Gasteiger partial charge is 0.465 e. The Morgan fingerprint density at radius 2 is 1.30 bits per heavy atom. The zero-order chi connectivity index (χ0) is 40.0. The van der Waals surface area contributed by atoms with Crippen molar-refractivity contribution in [2.75, 3.05) is 100 Å². The highest BCUT2D eigenvalue weighted by Crippen LogP contribution is 2.35. The molecule has 8 heterocycles. The summed E-state index contributed by atoms with van der Waals surface area (Å²) in [6.45, 7) is 12.5.